The molecule has 1 aliphatic heterocycles. The van der Waals surface area contributed by atoms with Crippen molar-refractivity contribution < 1.29 is 41.1 Å². The lowest BCUT2D eigenvalue weighted by atomic mass is 10.0. The number of carbonyl (C=O) groups excluding carboxylic acids is 1. The van der Waals surface area contributed by atoms with E-state index in [0.717, 1.165) is 16.5 Å². The molecule has 0 N–H and O–H groups in total. The van der Waals surface area contributed by atoms with Crippen LogP contribution in [0.1, 0.15) is 16.1 Å². The highest BCUT2D eigenvalue weighted by atomic mass is 19.4. The molecule has 0 bridgehead atoms. The number of hydrogen-bond acceptors (Lipinski definition) is 10. The maximum absolute atomic E-state index is 15.7. The van der Waals surface area contributed by atoms with E-state index < -0.39 is 18.6 Å². The maximum Gasteiger partial charge on any atom is 0.422 e. The number of hydrogen-bond donors (Lipinski definition) is 0. The van der Waals surface area contributed by atoms with E-state index in [1.165, 1.54) is 31.6 Å². The number of para-hydroxylation sites is 1. The number of carbonyl (C=O) groups is 1. The number of methoxy groups -OCH3 is 1. The molecule has 0 unspecified atom stereocenters. The summed E-state index contributed by atoms with van der Waals surface area (Å²) in [4.78, 5) is 30.8. The van der Waals surface area contributed by atoms with Crippen molar-refractivity contribution in [3.63, 3.8) is 0 Å². The summed E-state index contributed by atoms with van der Waals surface area (Å²) in [5.74, 6) is 0.847. The molecule has 296 valence electrons. The quantitative estimate of drug-likeness (QED) is 0.119. The van der Waals surface area contributed by atoms with E-state index in [9.17, 15) is 18.0 Å². The molecule has 58 heavy (non-hydrogen) atoms. The Hall–Kier alpha value is -6.81. The van der Waals surface area contributed by atoms with Gasteiger partial charge in [-0.25, -0.2) is 14.4 Å². The number of amides is 1. The molecule has 7 aromatic rings. The summed E-state index contributed by atoms with van der Waals surface area (Å²) < 4.78 is 76.6. The van der Waals surface area contributed by atoms with Crippen LogP contribution >= 0.6 is 0 Å². The number of aromatic nitrogens is 5. The first-order valence-corrected chi connectivity index (χ1v) is 18.2. The third-order valence-electron chi connectivity index (χ3n) is 9.76. The number of benzene rings is 4. The molecule has 0 atom stereocenters. The Balaban J connectivity index is 0.887. The summed E-state index contributed by atoms with van der Waals surface area (Å²) in [5, 5.41) is 4.85. The van der Waals surface area contributed by atoms with Crippen molar-refractivity contribution in [2.24, 2.45) is 7.05 Å². The molecule has 16 heteroatoms. The SMILES string of the molecule is COc1ccccc1-c1cccc(-c2noc(-c3cnc(Oc4ccc5cc(C(=O)N6CCN(Cc7ccc(OCC(F)(F)F)cc7)CC6)n(C)c5c4)cn3)n2)c1F. The zero-order valence-corrected chi connectivity index (χ0v) is 31.2. The number of alkyl halides is 3. The molecule has 1 aliphatic rings. The van der Waals surface area contributed by atoms with Gasteiger partial charge in [0.1, 0.15) is 34.5 Å². The van der Waals surface area contributed by atoms with Crippen molar-refractivity contribution >= 4 is 16.8 Å². The topological polar surface area (TPSA) is 121 Å². The van der Waals surface area contributed by atoms with Crippen LogP contribution in [-0.4, -0.2) is 86.5 Å². The number of aryl methyl sites for hydroxylation is 1. The van der Waals surface area contributed by atoms with E-state index in [4.69, 9.17) is 18.7 Å². The Bertz CT molecular complexity index is 2570. The zero-order valence-electron chi connectivity index (χ0n) is 31.2. The highest BCUT2D eigenvalue weighted by molar-refractivity contribution is 5.99. The molecule has 1 saturated heterocycles. The van der Waals surface area contributed by atoms with Crippen molar-refractivity contribution in [2.45, 2.75) is 12.7 Å². The molecule has 0 saturated carbocycles. The number of ether oxygens (including phenoxy) is 3. The standard InChI is InChI=1S/C42H35F4N7O5/c1-51-34-21-29(15-12-27(34)20-35(51)41(54)53-18-16-52(17-19-53)24-26-10-13-28(14-11-26)56-25-42(44,45)46)57-37-23-47-33(22-48-37)40-49-39(50-58-40)32-8-5-7-31(38(32)43)30-6-3-4-9-36(30)55-2/h3-15,20-23H,16-19,24-25H2,1-2H3. The smallest absolute Gasteiger partial charge is 0.422 e. The van der Waals surface area contributed by atoms with Gasteiger partial charge in [0, 0.05) is 62.4 Å². The lowest BCUT2D eigenvalue weighted by Gasteiger charge is -2.34. The van der Waals surface area contributed by atoms with Gasteiger partial charge in [0.15, 0.2) is 6.61 Å². The van der Waals surface area contributed by atoms with Gasteiger partial charge in [-0.2, -0.15) is 18.2 Å². The normalized spacial score (nSPS) is 13.5. The Kier molecular flexibility index (Phi) is 10.5. The van der Waals surface area contributed by atoms with E-state index >= 15 is 4.39 Å². The van der Waals surface area contributed by atoms with Gasteiger partial charge in [-0.05, 0) is 48.0 Å². The number of fused-ring (bicyclic) bond motifs is 1. The second-order valence-corrected chi connectivity index (χ2v) is 13.6. The minimum absolute atomic E-state index is 0.0467. The summed E-state index contributed by atoms with van der Waals surface area (Å²) in [6.45, 7) is 1.60. The minimum Gasteiger partial charge on any atom is -0.496 e. The molecule has 8 rings (SSSR count). The van der Waals surface area contributed by atoms with Crippen LogP contribution < -0.4 is 14.2 Å². The molecular formula is C42H35F4N7O5. The van der Waals surface area contributed by atoms with Gasteiger partial charge in [0.05, 0.1) is 30.6 Å². The van der Waals surface area contributed by atoms with Crippen molar-refractivity contribution in [2.75, 3.05) is 39.9 Å². The fourth-order valence-electron chi connectivity index (χ4n) is 6.78. The van der Waals surface area contributed by atoms with Crippen LogP contribution in [0.2, 0.25) is 0 Å². The minimum atomic E-state index is -4.39. The molecule has 0 radical (unpaired) electrons. The van der Waals surface area contributed by atoms with E-state index in [1.54, 1.807) is 54.6 Å². The predicted molar refractivity (Wildman–Crippen MR) is 205 cm³/mol. The monoisotopic (exact) mass is 793 g/mol. The fraction of sp³-hybridized carbons (Fsp3) is 0.214. The van der Waals surface area contributed by atoms with Crippen molar-refractivity contribution in [3.8, 4) is 57.2 Å². The third-order valence-corrected chi connectivity index (χ3v) is 9.76. The van der Waals surface area contributed by atoms with Gasteiger partial charge in [0.2, 0.25) is 11.7 Å². The molecule has 0 spiro atoms. The summed E-state index contributed by atoms with van der Waals surface area (Å²) in [6, 6.07) is 25.9. The van der Waals surface area contributed by atoms with Crippen LogP contribution in [0.4, 0.5) is 17.6 Å². The highest BCUT2D eigenvalue weighted by Crippen LogP contribution is 2.36. The van der Waals surface area contributed by atoms with E-state index in [-0.39, 0.29) is 40.5 Å². The molecule has 4 heterocycles. The summed E-state index contributed by atoms with van der Waals surface area (Å²) in [7, 11) is 3.35. The lowest BCUT2D eigenvalue weighted by Crippen LogP contribution is -2.48. The summed E-state index contributed by atoms with van der Waals surface area (Å²) in [5.41, 5.74) is 3.59. The average Bonchev–Trinajstić information content (AvgIpc) is 3.85. The van der Waals surface area contributed by atoms with Gasteiger partial charge >= 0.3 is 6.18 Å². The molecule has 3 aromatic heterocycles. The van der Waals surface area contributed by atoms with Crippen LogP contribution in [0.5, 0.6) is 23.1 Å². The first-order valence-electron chi connectivity index (χ1n) is 18.2. The molecular weight excluding hydrogens is 758 g/mol. The second kappa shape index (κ2) is 16.0. The molecule has 12 nitrogen and oxygen atoms in total. The van der Waals surface area contributed by atoms with Gasteiger partial charge in [-0.3, -0.25) is 9.69 Å². The van der Waals surface area contributed by atoms with Crippen molar-refractivity contribution in [3.05, 3.63) is 120 Å². The average molecular weight is 794 g/mol. The summed E-state index contributed by atoms with van der Waals surface area (Å²) in [6.07, 6.45) is -1.57. The molecule has 4 aromatic carbocycles. The predicted octanol–water partition coefficient (Wildman–Crippen LogP) is 8.19. The van der Waals surface area contributed by atoms with E-state index in [1.807, 2.05) is 40.8 Å². The number of nitrogens with zero attached hydrogens (tertiary/aromatic N) is 7. The van der Waals surface area contributed by atoms with Crippen LogP contribution in [0, 0.1) is 5.82 Å². The van der Waals surface area contributed by atoms with E-state index in [0.29, 0.717) is 61.0 Å². The zero-order chi connectivity index (χ0) is 40.4. The van der Waals surface area contributed by atoms with Gasteiger partial charge < -0.3 is 28.2 Å². The first kappa shape index (κ1) is 38.1. The molecule has 0 aliphatic carbocycles. The first-order chi connectivity index (χ1) is 28.0. The highest BCUT2D eigenvalue weighted by Gasteiger charge is 2.29. The molecule has 1 fully saturated rings. The van der Waals surface area contributed by atoms with E-state index in [2.05, 4.69) is 25.0 Å². The fourth-order valence-corrected chi connectivity index (χ4v) is 6.78. The number of piperazine rings is 1. The number of rotatable bonds is 11. The van der Waals surface area contributed by atoms with Crippen LogP contribution in [0.3, 0.4) is 0 Å². The Morgan fingerprint density at radius 1 is 0.845 bits per heavy atom. The maximum atomic E-state index is 15.7. The molecule has 1 amide bonds. The second-order valence-electron chi connectivity index (χ2n) is 13.6. The van der Waals surface area contributed by atoms with Gasteiger partial charge in [-0.1, -0.05) is 47.6 Å². The Morgan fingerprint density at radius 2 is 1.59 bits per heavy atom. The third kappa shape index (κ3) is 8.18. The van der Waals surface area contributed by atoms with Gasteiger partial charge in [0.25, 0.3) is 11.8 Å². The van der Waals surface area contributed by atoms with Gasteiger partial charge in [-0.15, -0.1) is 0 Å². The Morgan fingerprint density at radius 3 is 2.33 bits per heavy atom. The van der Waals surface area contributed by atoms with Crippen molar-refractivity contribution in [1.29, 1.82) is 0 Å². The summed E-state index contributed by atoms with van der Waals surface area (Å²) >= 11 is 0. The Labute approximate surface area is 329 Å². The van der Waals surface area contributed by atoms with Crippen LogP contribution in [-0.2, 0) is 13.6 Å². The number of halogens is 4. The van der Waals surface area contributed by atoms with Crippen LogP contribution in [0.15, 0.2) is 108 Å². The van der Waals surface area contributed by atoms with Crippen molar-refractivity contribution in [1.82, 2.24) is 34.5 Å². The largest absolute Gasteiger partial charge is 0.496 e. The lowest BCUT2D eigenvalue weighted by molar-refractivity contribution is -0.153. The van der Waals surface area contributed by atoms with Crippen LogP contribution in [0.25, 0.3) is 45.0 Å².